The maximum Gasteiger partial charge on any atom is 0.166 e. The quantitative estimate of drug-likeness (QED) is 0.665. The van der Waals surface area contributed by atoms with Crippen molar-refractivity contribution >= 4 is 17.4 Å². The van der Waals surface area contributed by atoms with Gasteiger partial charge in [0.25, 0.3) is 0 Å². The molecule has 0 spiro atoms. The minimum atomic E-state index is 1.11. The van der Waals surface area contributed by atoms with E-state index in [9.17, 15) is 0 Å². The first kappa shape index (κ1) is 7.98. The number of aryl methyl sites for hydroxylation is 1. The number of piperidine rings is 1. The van der Waals surface area contributed by atoms with E-state index >= 15 is 0 Å². The Morgan fingerprint density at radius 1 is 1.25 bits per heavy atom. The van der Waals surface area contributed by atoms with Crippen molar-refractivity contribution in [3.63, 3.8) is 0 Å². The molecule has 1 aliphatic rings. The van der Waals surface area contributed by atoms with Gasteiger partial charge in [-0.25, -0.2) is 0 Å². The van der Waals surface area contributed by atoms with Crippen molar-refractivity contribution in [3.05, 3.63) is 4.88 Å². The summed E-state index contributed by atoms with van der Waals surface area (Å²) >= 11 is 1.50. The van der Waals surface area contributed by atoms with E-state index in [1.165, 1.54) is 35.7 Å². The van der Waals surface area contributed by atoms with Crippen LogP contribution in [-0.4, -0.2) is 22.7 Å². The smallest absolute Gasteiger partial charge is 0.166 e. The lowest BCUT2D eigenvalue weighted by molar-refractivity contribution is 0.572. The van der Waals surface area contributed by atoms with Gasteiger partial charge in [-0.1, -0.05) is 4.49 Å². The van der Waals surface area contributed by atoms with Crippen LogP contribution in [0.2, 0.25) is 0 Å². The van der Waals surface area contributed by atoms with E-state index < -0.39 is 0 Å². The summed E-state index contributed by atoms with van der Waals surface area (Å²) in [5.41, 5.74) is 0. The van der Waals surface area contributed by atoms with Crippen molar-refractivity contribution in [1.29, 1.82) is 0 Å². The van der Waals surface area contributed by atoms with E-state index in [1.54, 1.807) is 0 Å². The molecular weight excluding hydrogens is 170 g/mol. The van der Waals surface area contributed by atoms with Gasteiger partial charge in [-0.3, -0.25) is 0 Å². The molecule has 1 aromatic rings. The van der Waals surface area contributed by atoms with Crippen molar-refractivity contribution in [2.45, 2.75) is 26.2 Å². The Labute approximate surface area is 76.6 Å². The van der Waals surface area contributed by atoms with E-state index in [0.717, 1.165) is 18.9 Å². The number of aromatic nitrogens is 2. The van der Waals surface area contributed by atoms with Crippen LogP contribution in [0.1, 0.15) is 24.1 Å². The molecular formula is C8H13N3S. The van der Waals surface area contributed by atoms with Crippen LogP contribution in [0.3, 0.4) is 0 Å². The Kier molecular flexibility index (Phi) is 2.26. The van der Waals surface area contributed by atoms with Gasteiger partial charge in [-0.05, 0) is 37.7 Å². The molecule has 0 N–H and O–H groups in total. The molecule has 0 aliphatic carbocycles. The predicted octanol–water partition coefficient (Wildman–Crippen LogP) is 1.84. The number of nitrogens with zero attached hydrogens (tertiary/aromatic N) is 3. The molecule has 2 heterocycles. The SMILES string of the molecule is Cc1snnc1N1CCCCC1. The maximum atomic E-state index is 4.13. The molecule has 3 nitrogen and oxygen atoms in total. The second kappa shape index (κ2) is 3.39. The lowest BCUT2D eigenvalue weighted by atomic mass is 10.1. The monoisotopic (exact) mass is 183 g/mol. The third kappa shape index (κ3) is 1.43. The standard InChI is InChI=1S/C8H13N3S/c1-7-8(9-10-12-7)11-5-3-2-4-6-11/h2-6H2,1H3. The molecule has 1 saturated heterocycles. The van der Waals surface area contributed by atoms with Gasteiger partial charge in [0.15, 0.2) is 5.82 Å². The van der Waals surface area contributed by atoms with E-state index in [1.807, 2.05) is 0 Å². The molecule has 0 bridgehead atoms. The molecule has 0 radical (unpaired) electrons. The van der Waals surface area contributed by atoms with Gasteiger partial charge >= 0.3 is 0 Å². The van der Waals surface area contributed by atoms with Crippen LogP contribution in [0.5, 0.6) is 0 Å². The number of hydrogen-bond donors (Lipinski definition) is 0. The summed E-state index contributed by atoms with van der Waals surface area (Å²) in [6, 6.07) is 0. The van der Waals surface area contributed by atoms with Gasteiger partial charge in [0.2, 0.25) is 0 Å². The van der Waals surface area contributed by atoms with E-state index in [0.29, 0.717) is 0 Å². The van der Waals surface area contributed by atoms with Crippen molar-refractivity contribution in [3.8, 4) is 0 Å². The Hall–Kier alpha value is -0.640. The molecule has 0 atom stereocenters. The number of hydrogen-bond acceptors (Lipinski definition) is 4. The molecule has 0 aromatic carbocycles. The summed E-state index contributed by atoms with van der Waals surface area (Å²) in [5.74, 6) is 1.11. The summed E-state index contributed by atoms with van der Waals surface area (Å²) in [6.45, 7) is 4.41. The summed E-state index contributed by atoms with van der Waals surface area (Å²) in [6.07, 6.45) is 3.97. The van der Waals surface area contributed by atoms with Crippen LogP contribution in [0.15, 0.2) is 0 Å². The third-order valence-electron chi connectivity index (χ3n) is 2.28. The Bertz CT molecular complexity index is 253. The Morgan fingerprint density at radius 3 is 2.58 bits per heavy atom. The molecule has 4 heteroatoms. The van der Waals surface area contributed by atoms with Crippen LogP contribution in [-0.2, 0) is 0 Å². The van der Waals surface area contributed by atoms with Crippen LogP contribution in [0.4, 0.5) is 5.82 Å². The van der Waals surface area contributed by atoms with Crippen molar-refractivity contribution < 1.29 is 0 Å². The molecule has 0 amide bonds. The summed E-state index contributed by atoms with van der Waals surface area (Å²) in [5, 5.41) is 4.13. The highest BCUT2D eigenvalue weighted by molar-refractivity contribution is 7.05. The largest absolute Gasteiger partial charge is 0.354 e. The van der Waals surface area contributed by atoms with Crippen molar-refractivity contribution in [2.24, 2.45) is 0 Å². The molecule has 66 valence electrons. The molecule has 1 aromatic heterocycles. The van der Waals surface area contributed by atoms with Gasteiger partial charge in [0.1, 0.15) is 0 Å². The molecule has 1 fully saturated rings. The highest BCUT2D eigenvalue weighted by Gasteiger charge is 2.15. The van der Waals surface area contributed by atoms with Crippen LogP contribution in [0, 0.1) is 6.92 Å². The molecule has 12 heavy (non-hydrogen) atoms. The highest BCUT2D eigenvalue weighted by atomic mass is 32.1. The Balaban J connectivity index is 2.13. The lowest BCUT2D eigenvalue weighted by Gasteiger charge is -2.26. The third-order valence-corrected chi connectivity index (χ3v) is 2.90. The average molecular weight is 183 g/mol. The fraction of sp³-hybridized carbons (Fsp3) is 0.750. The minimum Gasteiger partial charge on any atom is -0.354 e. The first-order valence-electron chi connectivity index (χ1n) is 4.42. The summed E-state index contributed by atoms with van der Waals surface area (Å²) in [7, 11) is 0. The molecule has 0 unspecified atom stereocenters. The molecule has 2 rings (SSSR count). The van der Waals surface area contributed by atoms with Crippen molar-refractivity contribution in [1.82, 2.24) is 9.59 Å². The van der Waals surface area contributed by atoms with Crippen LogP contribution < -0.4 is 4.90 Å². The zero-order chi connectivity index (χ0) is 8.39. The first-order chi connectivity index (χ1) is 5.88. The second-order valence-electron chi connectivity index (χ2n) is 3.20. The van der Waals surface area contributed by atoms with E-state index in [-0.39, 0.29) is 0 Å². The second-order valence-corrected chi connectivity index (χ2v) is 4.16. The first-order valence-corrected chi connectivity index (χ1v) is 5.19. The lowest BCUT2D eigenvalue weighted by Crippen LogP contribution is -2.30. The fourth-order valence-electron chi connectivity index (χ4n) is 1.62. The van der Waals surface area contributed by atoms with Gasteiger partial charge in [-0.2, -0.15) is 0 Å². The average Bonchev–Trinajstić information content (AvgIpc) is 2.53. The predicted molar refractivity (Wildman–Crippen MR) is 50.7 cm³/mol. The topological polar surface area (TPSA) is 29.0 Å². The van der Waals surface area contributed by atoms with Gasteiger partial charge in [-0.15, -0.1) is 5.10 Å². The summed E-state index contributed by atoms with van der Waals surface area (Å²) in [4.78, 5) is 3.60. The van der Waals surface area contributed by atoms with E-state index in [2.05, 4.69) is 21.4 Å². The van der Waals surface area contributed by atoms with Gasteiger partial charge in [0, 0.05) is 13.1 Å². The minimum absolute atomic E-state index is 1.11. The van der Waals surface area contributed by atoms with Gasteiger partial charge in [0.05, 0.1) is 4.88 Å². The zero-order valence-corrected chi connectivity index (χ0v) is 8.10. The Morgan fingerprint density at radius 2 is 2.00 bits per heavy atom. The fourth-order valence-corrected chi connectivity index (χ4v) is 2.12. The number of anilines is 1. The molecule has 1 aliphatic heterocycles. The zero-order valence-electron chi connectivity index (χ0n) is 7.29. The maximum absolute atomic E-state index is 4.13. The molecule has 0 saturated carbocycles. The normalized spacial score (nSPS) is 18.2. The van der Waals surface area contributed by atoms with Crippen LogP contribution in [0.25, 0.3) is 0 Å². The van der Waals surface area contributed by atoms with Gasteiger partial charge < -0.3 is 4.90 Å². The summed E-state index contributed by atoms with van der Waals surface area (Å²) < 4.78 is 3.95. The highest BCUT2D eigenvalue weighted by Crippen LogP contribution is 2.22. The van der Waals surface area contributed by atoms with Crippen molar-refractivity contribution in [2.75, 3.05) is 18.0 Å². The van der Waals surface area contributed by atoms with Crippen LogP contribution >= 0.6 is 11.5 Å². The number of rotatable bonds is 1. The van der Waals surface area contributed by atoms with E-state index in [4.69, 9.17) is 0 Å².